The summed E-state index contributed by atoms with van der Waals surface area (Å²) >= 11 is 0. The maximum Gasteiger partial charge on any atom is 0.308 e. The maximum absolute atomic E-state index is 11.6. The minimum absolute atomic E-state index is 0.0314. The van der Waals surface area contributed by atoms with Crippen LogP contribution in [0.2, 0.25) is 0 Å². The van der Waals surface area contributed by atoms with Gasteiger partial charge in [-0.2, -0.15) is 4.99 Å². The molecule has 0 aromatic heterocycles. The predicted molar refractivity (Wildman–Crippen MR) is 52.5 cm³/mol. The summed E-state index contributed by atoms with van der Waals surface area (Å²) in [6.07, 6.45) is -0.0314. The van der Waals surface area contributed by atoms with Gasteiger partial charge in [-0.3, -0.25) is 19.3 Å². The Balaban J connectivity index is 2.17. The normalized spacial score (nSPS) is 25.3. The fourth-order valence-electron chi connectivity index (χ4n) is 1.84. The Morgan fingerprint density at radius 3 is 2.62 bits per heavy atom. The highest BCUT2D eigenvalue weighted by Crippen LogP contribution is 2.20. The molecule has 2 aliphatic rings. The summed E-state index contributed by atoms with van der Waals surface area (Å²) in [4.78, 5) is 39.9. The minimum Gasteiger partial charge on any atom is -0.481 e. The molecule has 0 spiro atoms. The van der Waals surface area contributed by atoms with E-state index in [0.29, 0.717) is 0 Å². The zero-order chi connectivity index (χ0) is 11.9. The van der Waals surface area contributed by atoms with Crippen LogP contribution in [-0.2, 0) is 14.4 Å². The quantitative estimate of drug-likeness (QED) is 0.602. The largest absolute Gasteiger partial charge is 0.481 e. The van der Waals surface area contributed by atoms with Gasteiger partial charge in [-0.25, -0.2) is 0 Å². The van der Waals surface area contributed by atoms with E-state index >= 15 is 0 Å². The first-order valence-corrected chi connectivity index (χ1v) is 4.85. The number of carbonyl (C=O) groups excluding carboxylic acids is 2. The van der Waals surface area contributed by atoms with Gasteiger partial charge >= 0.3 is 5.97 Å². The summed E-state index contributed by atoms with van der Waals surface area (Å²) in [6, 6.07) is 0. The average Bonchev–Trinajstić information content (AvgIpc) is 2.69. The van der Waals surface area contributed by atoms with Crippen LogP contribution in [0.5, 0.6) is 0 Å². The summed E-state index contributed by atoms with van der Waals surface area (Å²) in [5.41, 5.74) is 0. The Hall–Kier alpha value is -1.92. The third-order valence-corrected chi connectivity index (χ3v) is 2.65. The molecule has 0 aromatic carbocycles. The van der Waals surface area contributed by atoms with Gasteiger partial charge in [-0.05, 0) is 0 Å². The van der Waals surface area contributed by atoms with Crippen LogP contribution in [0.4, 0.5) is 0 Å². The van der Waals surface area contributed by atoms with Gasteiger partial charge in [0.25, 0.3) is 5.91 Å². The van der Waals surface area contributed by atoms with E-state index < -0.39 is 11.9 Å². The van der Waals surface area contributed by atoms with Crippen LogP contribution in [0.3, 0.4) is 0 Å². The molecule has 1 saturated heterocycles. The predicted octanol–water partition coefficient (Wildman–Crippen LogP) is -1.25. The summed E-state index contributed by atoms with van der Waals surface area (Å²) in [5, 5.41) is 8.81. The van der Waals surface area contributed by atoms with Crippen molar-refractivity contribution in [3.05, 3.63) is 0 Å². The smallest absolute Gasteiger partial charge is 0.308 e. The number of likely N-dealkylation sites (N-methyl/N-ethyl adjacent to an activating group) is 1. The molecule has 0 saturated carbocycles. The van der Waals surface area contributed by atoms with Crippen molar-refractivity contribution in [2.24, 2.45) is 10.9 Å². The number of carboxylic acid groups (broad SMARTS) is 1. The fourth-order valence-corrected chi connectivity index (χ4v) is 1.84. The Morgan fingerprint density at radius 1 is 1.50 bits per heavy atom. The van der Waals surface area contributed by atoms with Gasteiger partial charge in [0.15, 0.2) is 0 Å². The number of hydrogen-bond donors (Lipinski definition) is 1. The Morgan fingerprint density at radius 2 is 2.19 bits per heavy atom. The van der Waals surface area contributed by atoms with Crippen molar-refractivity contribution in [2.75, 3.05) is 20.1 Å². The second kappa shape index (κ2) is 3.58. The van der Waals surface area contributed by atoms with Crippen molar-refractivity contribution in [1.29, 1.82) is 0 Å². The monoisotopic (exact) mass is 225 g/mol. The van der Waals surface area contributed by atoms with Crippen LogP contribution in [0.15, 0.2) is 4.99 Å². The van der Waals surface area contributed by atoms with Crippen LogP contribution in [0.25, 0.3) is 0 Å². The summed E-state index contributed by atoms with van der Waals surface area (Å²) in [7, 11) is 1.64. The Labute approximate surface area is 91.3 Å². The first kappa shape index (κ1) is 10.6. The standard InChI is InChI=1S/C9H11N3O4/c1-11-4-6(13)10-9(11)12-3-5(8(15)16)2-7(12)14/h5H,2-4H2,1H3,(H,15,16). The van der Waals surface area contributed by atoms with E-state index in [-0.39, 0.29) is 37.3 Å². The molecule has 16 heavy (non-hydrogen) atoms. The Kier molecular flexibility index (Phi) is 2.37. The number of nitrogens with zero attached hydrogens (tertiary/aromatic N) is 3. The van der Waals surface area contributed by atoms with Crippen molar-refractivity contribution >= 4 is 23.7 Å². The number of aliphatic imine (C=N–C) groups is 1. The van der Waals surface area contributed by atoms with Gasteiger partial charge < -0.3 is 10.0 Å². The number of carbonyl (C=O) groups is 3. The average molecular weight is 225 g/mol. The fraction of sp³-hybridized carbons (Fsp3) is 0.556. The van der Waals surface area contributed by atoms with E-state index in [1.165, 1.54) is 4.90 Å². The highest BCUT2D eigenvalue weighted by molar-refractivity contribution is 6.08. The van der Waals surface area contributed by atoms with E-state index in [2.05, 4.69) is 4.99 Å². The lowest BCUT2D eigenvalue weighted by atomic mass is 10.1. The molecular formula is C9H11N3O4. The molecule has 0 bridgehead atoms. The van der Waals surface area contributed by atoms with Crippen LogP contribution in [0, 0.1) is 5.92 Å². The van der Waals surface area contributed by atoms with Gasteiger partial charge in [-0.1, -0.05) is 0 Å². The van der Waals surface area contributed by atoms with Gasteiger partial charge in [-0.15, -0.1) is 0 Å². The molecule has 2 heterocycles. The summed E-state index contributed by atoms with van der Waals surface area (Å²) < 4.78 is 0. The van der Waals surface area contributed by atoms with Gasteiger partial charge in [0.1, 0.15) is 6.54 Å². The van der Waals surface area contributed by atoms with Gasteiger partial charge in [0.05, 0.1) is 5.92 Å². The molecule has 2 aliphatic heterocycles. The zero-order valence-corrected chi connectivity index (χ0v) is 8.71. The minimum atomic E-state index is -0.997. The summed E-state index contributed by atoms with van der Waals surface area (Å²) in [5.74, 6) is -2.06. The van der Waals surface area contributed by atoms with Crippen molar-refractivity contribution in [3.63, 3.8) is 0 Å². The lowest BCUT2D eigenvalue weighted by molar-refractivity contribution is -0.141. The SMILES string of the molecule is CN1CC(=O)N=C1N1CC(C(=O)O)CC1=O. The van der Waals surface area contributed by atoms with Gasteiger partial charge in [0, 0.05) is 20.0 Å². The molecule has 7 heteroatoms. The third-order valence-electron chi connectivity index (χ3n) is 2.65. The van der Waals surface area contributed by atoms with Crippen LogP contribution in [-0.4, -0.2) is 58.8 Å². The van der Waals surface area contributed by atoms with Gasteiger partial charge in [0.2, 0.25) is 11.9 Å². The van der Waals surface area contributed by atoms with Crippen LogP contribution < -0.4 is 0 Å². The molecule has 1 N–H and O–H groups in total. The molecule has 2 rings (SSSR count). The third kappa shape index (κ3) is 1.64. The number of carboxylic acids is 1. The van der Waals surface area contributed by atoms with E-state index in [9.17, 15) is 14.4 Å². The first-order chi connectivity index (χ1) is 7.49. The van der Waals surface area contributed by atoms with E-state index in [1.54, 1.807) is 11.9 Å². The molecule has 7 nitrogen and oxygen atoms in total. The molecule has 0 aromatic rings. The number of aliphatic carboxylic acids is 1. The van der Waals surface area contributed by atoms with Crippen molar-refractivity contribution in [1.82, 2.24) is 9.80 Å². The second-order valence-corrected chi connectivity index (χ2v) is 3.91. The summed E-state index contributed by atoms with van der Waals surface area (Å²) in [6.45, 7) is 0.224. The van der Waals surface area contributed by atoms with E-state index in [4.69, 9.17) is 5.11 Å². The highest BCUT2D eigenvalue weighted by Gasteiger charge is 2.39. The zero-order valence-electron chi connectivity index (χ0n) is 8.71. The maximum atomic E-state index is 11.6. The molecule has 86 valence electrons. The molecule has 1 fully saturated rings. The van der Waals surface area contributed by atoms with E-state index in [1.807, 2.05) is 0 Å². The Bertz CT molecular complexity index is 404. The van der Waals surface area contributed by atoms with Crippen molar-refractivity contribution in [2.45, 2.75) is 6.42 Å². The van der Waals surface area contributed by atoms with Crippen molar-refractivity contribution in [3.8, 4) is 0 Å². The molecular weight excluding hydrogens is 214 g/mol. The topological polar surface area (TPSA) is 90.3 Å². The number of amides is 2. The molecule has 0 aliphatic carbocycles. The highest BCUT2D eigenvalue weighted by atomic mass is 16.4. The number of guanidine groups is 1. The lowest BCUT2D eigenvalue weighted by Gasteiger charge is -2.21. The van der Waals surface area contributed by atoms with E-state index in [0.717, 1.165) is 0 Å². The van der Waals surface area contributed by atoms with Crippen LogP contribution in [0.1, 0.15) is 6.42 Å². The molecule has 0 radical (unpaired) electrons. The van der Waals surface area contributed by atoms with Crippen molar-refractivity contribution < 1.29 is 19.5 Å². The second-order valence-electron chi connectivity index (χ2n) is 3.91. The molecule has 1 atom stereocenters. The first-order valence-electron chi connectivity index (χ1n) is 4.85. The lowest BCUT2D eigenvalue weighted by Crippen LogP contribution is -2.41. The number of likely N-dealkylation sites (tertiary alicyclic amines) is 1. The molecule has 2 amide bonds. The van der Waals surface area contributed by atoms with Crippen LogP contribution >= 0.6 is 0 Å². The molecule has 1 unspecified atom stereocenters. The number of rotatable bonds is 1. The number of hydrogen-bond acceptors (Lipinski definition) is 4.